The number of amides is 1. The maximum absolute atomic E-state index is 11.8. The quantitative estimate of drug-likeness (QED) is 0.629. The predicted molar refractivity (Wildman–Crippen MR) is 109 cm³/mol. The Bertz CT molecular complexity index is 708. The molecule has 0 bridgehead atoms. The van der Waals surface area contributed by atoms with Crippen LogP contribution in [0.2, 0.25) is 0 Å². The van der Waals surface area contributed by atoms with E-state index in [1.165, 1.54) is 21.2 Å². The van der Waals surface area contributed by atoms with E-state index >= 15 is 0 Å². The smallest absolute Gasteiger partial charge is 0.246 e. The highest BCUT2D eigenvalue weighted by atomic mass is 32.2. The van der Waals surface area contributed by atoms with Gasteiger partial charge in [0.25, 0.3) is 0 Å². The molecule has 0 spiro atoms. The normalized spacial score (nSPS) is 12.4. The zero-order valence-corrected chi connectivity index (χ0v) is 16.5. The second kappa shape index (κ2) is 10.3. The largest absolute Gasteiger partial charge is 0.379 e. The Balaban J connectivity index is 1.48. The highest BCUT2D eigenvalue weighted by molar-refractivity contribution is 7.99. The van der Waals surface area contributed by atoms with Gasteiger partial charge in [-0.3, -0.25) is 4.79 Å². The monoisotopic (exact) mass is 386 g/mol. The molecule has 1 heterocycles. The Labute approximate surface area is 165 Å². The number of nitrogens with one attached hydrogen (secondary N) is 1. The number of hydrogen-bond acceptors (Lipinski definition) is 5. The molecule has 2 aromatic rings. The molecule has 1 aliphatic heterocycles. The lowest BCUT2D eigenvalue weighted by Gasteiger charge is -2.32. The number of carbonyl (C=O) groups is 1. The molecule has 0 fully saturated rings. The van der Waals surface area contributed by atoms with Gasteiger partial charge < -0.3 is 19.7 Å². The molecule has 1 aliphatic rings. The van der Waals surface area contributed by atoms with Gasteiger partial charge in [0.15, 0.2) is 0 Å². The van der Waals surface area contributed by atoms with Crippen molar-refractivity contribution in [1.82, 2.24) is 5.32 Å². The molecule has 6 heteroatoms. The minimum absolute atomic E-state index is 0.0819. The lowest BCUT2D eigenvalue weighted by molar-refractivity contribution is -0.126. The van der Waals surface area contributed by atoms with Crippen molar-refractivity contribution in [3.63, 3.8) is 0 Å². The first-order valence-corrected chi connectivity index (χ1v) is 10.2. The molecule has 0 aliphatic carbocycles. The van der Waals surface area contributed by atoms with Crippen LogP contribution in [-0.2, 0) is 14.3 Å². The minimum Gasteiger partial charge on any atom is -0.379 e. The second-order valence-corrected chi connectivity index (χ2v) is 7.23. The highest BCUT2D eigenvalue weighted by Crippen LogP contribution is 2.47. The van der Waals surface area contributed by atoms with Gasteiger partial charge in [0, 0.05) is 29.5 Å². The molecular weight excluding hydrogens is 360 g/mol. The number of para-hydroxylation sites is 2. The summed E-state index contributed by atoms with van der Waals surface area (Å²) in [7, 11) is 0. The van der Waals surface area contributed by atoms with Crippen LogP contribution in [0.25, 0.3) is 0 Å². The Kier molecular flexibility index (Phi) is 7.56. The molecule has 144 valence electrons. The molecule has 1 N–H and O–H groups in total. The first-order valence-electron chi connectivity index (χ1n) is 9.35. The summed E-state index contributed by atoms with van der Waals surface area (Å²) < 4.78 is 10.5. The van der Waals surface area contributed by atoms with Gasteiger partial charge in [-0.1, -0.05) is 36.0 Å². The van der Waals surface area contributed by atoms with Crippen molar-refractivity contribution in [2.75, 3.05) is 44.4 Å². The third-order valence-corrected chi connectivity index (χ3v) is 5.35. The van der Waals surface area contributed by atoms with Gasteiger partial charge in [-0.05, 0) is 37.6 Å². The second-order valence-electron chi connectivity index (χ2n) is 6.14. The molecule has 1 amide bonds. The van der Waals surface area contributed by atoms with E-state index in [2.05, 4.69) is 58.7 Å². The summed E-state index contributed by atoms with van der Waals surface area (Å²) >= 11 is 1.81. The van der Waals surface area contributed by atoms with Gasteiger partial charge in [-0.2, -0.15) is 0 Å². The van der Waals surface area contributed by atoms with Crippen molar-refractivity contribution in [2.24, 2.45) is 0 Å². The van der Waals surface area contributed by atoms with Crippen molar-refractivity contribution in [3.8, 4) is 0 Å². The fourth-order valence-electron chi connectivity index (χ4n) is 2.97. The summed E-state index contributed by atoms with van der Waals surface area (Å²) in [5.74, 6) is -0.0819. The summed E-state index contributed by atoms with van der Waals surface area (Å²) in [6.07, 6.45) is 0.859. The molecule has 0 radical (unpaired) electrons. The van der Waals surface area contributed by atoms with Gasteiger partial charge in [0.1, 0.15) is 6.61 Å². The van der Waals surface area contributed by atoms with Crippen LogP contribution in [0.15, 0.2) is 58.3 Å². The zero-order chi connectivity index (χ0) is 18.9. The molecule has 0 saturated heterocycles. The molecule has 0 atom stereocenters. The molecular formula is C21H26N2O3S. The predicted octanol–water partition coefficient (Wildman–Crippen LogP) is 3.85. The molecule has 0 aromatic heterocycles. The topological polar surface area (TPSA) is 50.8 Å². The maximum atomic E-state index is 11.8. The Morgan fingerprint density at radius 2 is 1.63 bits per heavy atom. The van der Waals surface area contributed by atoms with Crippen molar-refractivity contribution in [3.05, 3.63) is 48.5 Å². The number of nitrogens with zero attached hydrogens (tertiary/aromatic N) is 1. The number of carbonyl (C=O) groups excluding carboxylic acids is 1. The van der Waals surface area contributed by atoms with Gasteiger partial charge in [0.2, 0.25) is 5.91 Å². The summed E-state index contributed by atoms with van der Waals surface area (Å²) in [6.45, 7) is 5.12. The fourth-order valence-corrected chi connectivity index (χ4v) is 4.06. The zero-order valence-electron chi connectivity index (χ0n) is 15.6. The van der Waals surface area contributed by atoms with Crippen LogP contribution in [0, 0.1) is 0 Å². The number of fused-ring (bicyclic) bond motifs is 2. The minimum atomic E-state index is -0.0819. The van der Waals surface area contributed by atoms with E-state index in [0.29, 0.717) is 26.4 Å². The molecule has 5 nitrogen and oxygen atoms in total. The van der Waals surface area contributed by atoms with Crippen LogP contribution in [0.1, 0.15) is 13.3 Å². The third-order valence-electron chi connectivity index (χ3n) is 4.22. The van der Waals surface area contributed by atoms with Crippen LogP contribution < -0.4 is 10.2 Å². The SMILES string of the molecule is CCOCCOCC(=O)NCCCN1c2ccccc2Sc2ccccc21. The van der Waals surface area contributed by atoms with Crippen LogP contribution >= 0.6 is 11.8 Å². The third kappa shape index (κ3) is 5.48. The van der Waals surface area contributed by atoms with Crippen molar-refractivity contribution in [1.29, 1.82) is 0 Å². The van der Waals surface area contributed by atoms with Crippen LogP contribution in [-0.4, -0.2) is 45.4 Å². The molecule has 3 rings (SSSR count). The van der Waals surface area contributed by atoms with Gasteiger partial charge in [-0.25, -0.2) is 0 Å². The summed E-state index contributed by atoms with van der Waals surface area (Å²) in [5.41, 5.74) is 2.46. The standard InChI is InChI=1S/C21H26N2O3S/c1-2-25-14-15-26-16-21(24)22-12-7-13-23-17-8-3-5-10-19(17)27-20-11-6-4-9-18(20)23/h3-6,8-11H,2,7,12-16H2,1H3,(H,22,24). The summed E-state index contributed by atoms with van der Waals surface area (Å²) in [6, 6.07) is 16.9. The summed E-state index contributed by atoms with van der Waals surface area (Å²) in [4.78, 5) is 16.7. The Morgan fingerprint density at radius 1 is 1.00 bits per heavy atom. The van der Waals surface area contributed by atoms with E-state index in [1.54, 1.807) is 11.8 Å². The molecule has 0 saturated carbocycles. The Morgan fingerprint density at radius 3 is 2.30 bits per heavy atom. The van der Waals surface area contributed by atoms with Crippen molar-refractivity contribution in [2.45, 2.75) is 23.1 Å². The maximum Gasteiger partial charge on any atom is 0.246 e. The number of hydrogen-bond donors (Lipinski definition) is 1. The van der Waals surface area contributed by atoms with E-state index in [1.807, 2.05) is 6.92 Å². The average Bonchev–Trinajstić information content (AvgIpc) is 2.70. The van der Waals surface area contributed by atoms with Crippen LogP contribution in [0.4, 0.5) is 11.4 Å². The van der Waals surface area contributed by atoms with E-state index in [9.17, 15) is 4.79 Å². The number of anilines is 2. The van der Waals surface area contributed by atoms with Gasteiger partial charge >= 0.3 is 0 Å². The van der Waals surface area contributed by atoms with Crippen molar-refractivity contribution >= 4 is 29.0 Å². The summed E-state index contributed by atoms with van der Waals surface area (Å²) in [5, 5.41) is 2.92. The van der Waals surface area contributed by atoms with E-state index in [0.717, 1.165) is 13.0 Å². The van der Waals surface area contributed by atoms with Gasteiger partial charge in [-0.15, -0.1) is 0 Å². The number of ether oxygens (including phenoxy) is 2. The van der Waals surface area contributed by atoms with E-state index in [-0.39, 0.29) is 12.5 Å². The fraction of sp³-hybridized carbons (Fsp3) is 0.381. The highest BCUT2D eigenvalue weighted by Gasteiger charge is 2.22. The molecule has 2 aromatic carbocycles. The first-order chi connectivity index (χ1) is 13.3. The number of rotatable bonds is 10. The van der Waals surface area contributed by atoms with Gasteiger partial charge in [0.05, 0.1) is 24.6 Å². The van der Waals surface area contributed by atoms with E-state index in [4.69, 9.17) is 9.47 Å². The van der Waals surface area contributed by atoms with E-state index < -0.39 is 0 Å². The van der Waals surface area contributed by atoms with Crippen molar-refractivity contribution < 1.29 is 14.3 Å². The number of benzene rings is 2. The Hall–Kier alpha value is -2.02. The molecule has 0 unspecified atom stereocenters. The molecule has 27 heavy (non-hydrogen) atoms. The lowest BCUT2D eigenvalue weighted by atomic mass is 10.2. The first kappa shape index (κ1) is 19.7. The van der Waals surface area contributed by atoms with Crippen LogP contribution in [0.5, 0.6) is 0 Å². The lowest BCUT2D eigenvalue weighted by Crippen LogP contribution is -2.31. The van der Waals surface area contributed by atoms with Crippen LogP contribution in [0.3, 0.4) is 0 Å². The average molecular weight is 387 g/mol.